The molecule has 1 aliphatic heterocycles. The minimum absolute atomic E-state index is 0.182. The monoisotopic (exact) mass is 319 g/mol. The molecule has 2 aromatic carbocycles. The van der Waals surface area contributed by atoms with E-state index in [9.17, 15) is 10.1 Å². The fourth-order valence-corrected chi connectivity index (χ4v) is 2.74. The van der Waals surface area contributed by atoms with E-state index in [0.29, 0.717) is 11.4 Å². The van der Waals surface area contributed by atoms with Crippen LogP contribution >= 0.6 is 0 Å². The van der Waals surface area contributed by atoms with E-state index in [0.717, 1.165) is 5.56 Å². The number of para-hydroxylation sites is 1. The number of nitriles is 1. The van der Waals surface area contributed by atoms with E-state index in [4.69, 9.17) is 4.74 Å². The zero-order chi connectivity index (χ0) is 17.0. The fraction of sp³-hybridized carbons (Fsp3) is 0.211. The molecule has 0 radical (unpaired) electrons. The van der Waals surface area contributed by atoms with Gasteiger partial charge in [-0.1, -0.05) is 48.5 Å². The quantitative estimate of drug-likeness (QED) is 0.812. The van der Waals surface area contributed by atoms with Gasteiger partial charge in [-0.15, -0.1) is 0 Å². The molecule has 0 fully saturated rings. The van der Waals surface area contributed by atoms with Crippen molar-refractivity contribution >= 4 is 17.4 Å². The highest BCUT2D eigenvalue weighted by molar-refractivity contribution is 6.09. The largest absolute Gasteiger partial charge is 0.463 e. The number of nitrogens with zero attached hydrogens (tertiary/aromatic N) is 3. The molecule has 0 saturated heterocycles. The molecule has 2 aromatic rings. The first-order valence-electron chi connectivity index (χ1n) is 7.78. The molecule has 0 bridgehead atoms. The van der Waals surface area contributed by atoms with Gasteiger partial charge in [-0.3, -0.25) is 0 Å². The average Bonchev–Trinajstić information content (AvgIpc) is 3.04. The van der Waals surface area contributed by atoms with Gasteiger partial charge in [0.25, 0.3) is 5.54 Å². The third-order valence-corrected chi connectivity index (χ3v) is 3.91. The average molecular weight is 319 g/mol. The van der Waals surface area contributed by atoms with E-state index in [1.54, 1.807) is 6.92 Å². The highest BCUT2D eigenvalue weighted by Crippen LogP contribution is 2.35. The predicted octanol–water partition coefficient (Wildman–Crippen LogP) is 3.13. The Morgan fingerprint density at radius 1 is 1.21 bits per heavy atom. The first-order chi connectivity index (χ1) is 11.7. The number of ether oxygens (including phenoxy) is 1. The van der Waals surface area contributed by atoms with Crippen molar-refractivity contribution in [2.75, 3.05) is 11.6 Å². The Morgan fingerprint density at radius 2 is 1.83 bits per heavy atom. The van der Waals surface area contributed by atoms with Crippen LogP contribution in [0.1, 0.15) is 18.9 Å². The topological polar surface area (TPSA) is 65.7 Å². The zero-order valence-corrected chi connectivity index (χ0v) is 13.3. The maximum atomic E-state index is 12.6. The van der Waals surface area contributed by atoms with Gasteiger partial charge in [-0.05, 0) is 24.6 Å². The molecule has 0 amide bonds. The molecule has 3 rings (SSSR count). The third kappa shape index (κ3) is 2.63. The van der Waals surface area contributed by atoms with Crippen LogP contribution in [-0.4, -0.2) is 23.8 Å². The van der Waals surface area contributed by atoms with Crippen LogP contribution in [0, 0.1) is 11.3 Å². The fourth-order valence-electron chi connectivity index (χ4n) is 2.74. The minimum Gasteiger partial charge on any atom is -0.463 e. The van der Waals surface area contributed by atoms with E-state index in [1.807, 2.05) is 60.7 Å². The molecule has 1 unspecified atom stereocenters. The molecule has 0 spiro atoms. The van der Waals surface area contributed by atoms with Crippen LogP contribution in [0.4, 0.5) is 5.69 Å². The number of hydrogen-bond acceptors (Lipinski definition) is 5. The number of hydrogen-bond donors (Lipinski definition) is 0. The van der Waals surface area contributed by atoms with Gasteiger partial charge in [0.05, 0.1) is 18.0 Å². The van der Waals surface area contributed by atoms with Crippen LogP contribution in [0.2, 0.25) is 0 Å². The second-order valence-electron chi connectivity index (χ2n) is 5.43. The summed E-state index contributed by atoms with van der Waals surface area (Å²) in [7, 11) is 0. The van der Waals surface area contributed by atoms with Crippen molar-refractivity contribution in [2.24, 2.45) is 5.10 Å². The molecule has 0 saturated carbocycles. The van der Waals surface area contributed by atoms with E-state index in [2.05, 4.69) is 11.2 Å². The maximum Gasteiger partial charge on any atom is 0.349 e. The van der Waals surface area contributed by atoms with Crippen molar-refractivity contribution in [2.45, 2.75) is 18.9 Å². The summed E-state index contributed by atoms with van der Waals surface area (Å²) in [5.41, 5.74) is 0.773. The molecule has 5 nitrogen and oxygen atoms in total. The van der Waals surface area contributed by atoms with Crippen LogP contribution in [0.15, 0.2) is 65.8 Å². The highest BCUT2D eigenvalue weighted by atomic mass is 16.5. The normalized spacial score (nSPS) is 19.5. The van der Waals surface area contributed by atoms with E-state index in [1.165, 1.54) is 5.01 Å². The van der Waals surface area contributed by atoms with Gasteiger partial charge in [0.2, 0.25) is 0 Å². The molecule has 120 valence electrons. The summed E-state index contributed by atoms with van der Waals surface area (Å²) in [4.78, 5) is 12.6. The molecular formula is C19H17N3O2. The van der Waals surface area contributed by atoms with Crippen LogP contribution in [0.5, 0.6) is 0 Å². The Labute approximate surface area is 140 Å². The molecule has 0 aliphatic carbocycles. The SMILES string of the molecule is CCOC(=O)C1(C#N)CC(c2ccccc2)=NN1c1ccccc1. The van der Waals surface area contributed by atoms with Crippen molar-refractivity contribution in [1.29, 1.82) is 5.26 Å². The van der Waals surface area contributed by atoms with Gasteiger partial charge in [-0.25, -0.2) is 9.80 Å². The van der Waals surface area contributed by atoms with E-state index in [-0.39, 0.29) is 13.0 Å². The van der Waals surface area contributed by atoms with Crippen LogP contribution in [0.3, 0.4) is 0 Å². The van der Waals surface area contributed by atoms with Crippen molar-refractivity contribution < 1.29 is 9.53 Å². The summed E-state index contributed by atoms with van der Waals surface area (Å²) < 4.78 is 5.18. The number of benzene rings is 2. The second-order valence-corrected chi connectivity index (χ2v) is 5.43. The van der Waals surface area contributed by atoms with Crippen molar-refractivity contribution in [3.63, 3.8) is 0 Å². The number of hydrazone groups is 1. The van der Waals surface area contributed by atoms with E-state index < -0.39 is 11.5 Å². The molecule has 0 N–H and O–H groups in total. The smallest absolute Gasteiger partial charge is 0.349 e. The Balaban J connectivity index is 2.09. The van der Waals surface area contributed by atoms with Crippen LogP contribution in [-0.2, 0) is 9.53 Å². The molecule has 0 aromatic heterocycles. The first-order valence-corrected chi connectivity index (χ1v) is 7.78. The van der Waals surface area contributed by atoms with Gasteiger partial charge in [0, 0.05) is 6.42 Å². The lowest BCUT2D eigenvalue weighted by molar-refractivity contribution is -0.147. The minimum atomic E-state index is -1.48. The van der Waals surface area contributed by atoms with Gasteiger partial charge in [0.15, 0.2) is 0 Å². The number of carbonyl (C=O) groups excluding carboxylic acids is 1. The van der Waals surface area contributed by atoms with Gasteiger partial charge < -0.3 is 4.74 Å². The molecule has 1 atom stereocenters. The Hall–Kier alpha value is -3.13. The van der Waals surface area contributed by atoms with Crippen LogP contribution < -0.4 is 5.01 Å². The summed E-state index contributed by atoms with van der Waals surface area (Å²) in [5.74, 6) is -0.578. The van der Waals surface area contributed by atoms with Gasteiger partial charge >= 0.3 is 5.97 Å². The lowest BCUT2D eigenvalue weighted by atomic mass is 9.92. The lowest BCUT2D eigenvalue weighted by Gasteiger charge is -2.29. The van der Waals surface area contributed by atoms with Gasteiger partial charge in [-0.2, -0.15) is 10.4 Å². The molecule has 1 heterocycles. The Kier molecular flexibility index (Phi) is 4.30. The molecule has 1 aliphatic rings. The molecule has 5 heteroatoms. The summed E-state index contributed by atoms with van der Waals surface area (Å²) in [6.45, 7) is 1.94. The number of esters is 1. The number of rotatable bonds is 4. The first kappa shape index (κ1) is 15.8. The molecular weight excluding hydrogens is 302 g/mol. The Morgan fingerprint density at radius 3 is 2.42 bits per heavy atom. The Bertz CT molecular complexity index is 796. The zero-order valence-electron chi connectivity index (χ0n) is 13.3. The van der Waals surface area contributed by atoms with Crippen molar-refractivity contribution in [3.8, 4) is 6.07 Å². The molecule has 24 heavy (non-hydrogen) atoms. The van der Waals surface area contributed by atoms with Crippen molar-refractivity contribution in [3.05, 3.63) is 66.2 Å². The van der Waals surface area contributed by atoms with Crippen molar-refractivity contribution in [1.82, 2.24) is 0 Å². The van der Waals surface area contributed by atoms with Gasteiger partial charge in [0.1, 0.15) is 6.07 Å². The highest BCUT2D eigenvalue weighted by Gasteiger charge is 2.52. The maximum absolute atomic E-state index is 12.6. The summed E-state index contributed by atoms with van der Waals surface area (Å²) in [6.07, 6.45) is 0.182. The van der Waals surface area contributed by atoms with E-state index >= 15 is 0 Å². The summed E-state index contributed by atoms with van der Waals surface area (Å²) in [6, 6.07) is 20.9. The number of anilines is 1. The van der Waals surface area contributed by atoms with Crippen LogP contribution in [0.25, 0.3) is 0 Å². The summed E-state index contributed by atoms with van der Waals surface area (Å²) in [5, 5.41) is 15.9. The second kappa shape index (κ2) is 6.55. The standard InChI is InChI=1S/C19H17N3O2/c1-2-24-18(23)19(14-20)13-17(15-9-5-3-6-10-15)21-22(19)16-11-7-4-8-12-16/h3-12H,2,13H2,1H3. The third-order valence-electron chi connectivity index (χ3n) is 3.91. The summed E-state index contributed by atoms with van der Waals surface area (Å²) >= 11 is 0. The lowest BCUT2D eigenvalue weighted by Crippen LogP contribution is -2.50. The number of carbonyl (C=O) groups is 1. The predicted molar refractivity (Wildman–Crippen MR) is 91.5 cm³/mol.